The Balaban J connectivity index is 0.00000150. The van der Waals surface area contributed by atoms with Gasteiger partial charge >= 0.3 is 166 Å². The van der Waals surface area contributed by atoms with Gasteiger partial charge in [-0.2, -0.15) is 0 Å². The minimum absolute atomic E-state index is 0. The number of hydrogen-bond donors (Lipinski definition) is 0. The van der Waals surface area contributed by atoms with Gasteiger partial charge in [-0.1, -0.05) is 0 Å². The molecule has 4 aromatic rings. The molecule has 0 aromatic heterocycles. The second kappa shape index (κ2) is 11.0. The third kappa shape index (κ3) is 5.46. The molecule has 0 atom stereocenters. The van der Waals surface area contributed by atoms with Gasteiger partial charge in [-0.15, -0.1) is 0 Å². The van der Waals surface area contributed by atoms with Crippen molar-refractivity contribution in [3.63, 3.8) is 0 Å². The average molecular weight is 433 g/mol. The summed E-state index contributed by atoms with van der Waals surface area (Å²) in [5.41, 5.74) is 4.33. The number of hydrogen-bond acceptors (Lipinski definition) is 2. The third-order valence-corrected chi connectivity index (χ3v) is 4.78. The summed E-state index contributed by atoms with van der Waals surface area (Å²) in [5, 5.41) is 0. The van der Waals surface area contributed by atoms with Crippen LogP contribution in [-0.2, 0) is 15.3 Å². The van der Waals surface area contributed by atoms with E-state index in [1.807, 2.05) is 72.8 Å². The molecule has 0 aliphatic carbocycles. The fourth-order valence-corrected chi connectivity index (χ4v) is 3.44. The van der Waals surface area contributed by atoms with Crippen LogP contribution in [0.3, 0.4) is 0 Å². The second-order valence-corrected chi connectivity index (χ2v) is 6.51. The Bertz CT molecular complexity index is 924. The van der Waals surface area contributed by atoms with E-state index < -0.39 is 0 Å². The maximum atomic E-state index is 5.93. The molecule has 0 saturated carbocycles. The van der Waals surface area contributed by atoms with Gasteiger partial charge in [0.15, 0.2) is 0 Å². The van der Waals surface area contributed by atoms with E-state index in [1.54, 1.807) is 0 Å². The molecule has 4 nitrogen and oxygen atoms in total. The molecule has 0 saturated heterocycles. The van der Waals surface area contributed by atoms with Gasteiger partial charge in [-0.3, -0.25) is 0 Å². The minimum atomic E-state index is 0. The number of rotatable bonds is 6. The summed E-state index contributed by atoms with van der Waals surface area (Å²) in [5.74, 6) is 1.58. The molecule has 0 unspecified atom stereocenters. The molecule has 0 fully saturated rings. The first-order chi connectivity index (χ1) is 13.4. The first-order valence-electron chi connectivity index (χ1n) is 8.66. The Morgan fingerprint density at radius 2 is 0.759 bits per heavy atom. The summed E-state index contributed by atoms with van der Waals surface area (Å²) in [6, 6.07) is 36.4. The summed E-state index contributed by atoms with van der Waals surface area (Å²) in [6.45, 7) is 0. The Labute approximate surface area is 177 Å². The Kier molecular flexibility index (Phi) is 8.45. The molecule has 0 bridgehead atoms. The van der Waals surface area contributed by atoms with E-state index in [0.29, 0.717) is 15.3 Å². The molecular weight excluding hydrogens is 411 g/mol. The van der Waals surface area contributed by atoms with E-state index in [0.717, 1.165) is 33.8 Å². The molecular formula is C24H22CoO4. The van der Waals surface area contributed by atoms with E-state index in [4.69, 9.17) is 7.70 Å². The van der Waals surface area contributed by atoms with Crippen LogP contribution in [0, 0.1) is 0 Å². The molecule has 5 heteroatoms. The van der Waals surface area contributed by atoms with Crippen LogP contribution in [0.2, 0.25) is 0 Å². The number of para-hydroxylation sites is 2. The standard InChI is InChI=1S/2C12H10O.Co.2H2O/c2*13-12-9-5-4-8-11(12)10-6-2-1-3-7-10;;;/h2*1-9,13H;;2*1H2/q;;+2;;/p-2. The average Bonchev–Trinajstić information content (AvgIpc) is 2.76. The molecule has 4 N–H and O–H groups in total. The van der Waals surface area contributed by atoms with Crippen molar-refractivity contribution < 1.29 is 34.0 Å². The molecule has 4 aromatic carbocycles. The van der Waals surface area contributed by atoms with E-state index in [-0.39, 0.29) is 11.0 Å². The van der Waals surface area contributed by atoms with Crippen LogP contribution in [0.1, 0.15) is 0 Å². The van der Waals surface area contributed by atoms with Gasteiger partial charge in [0, 0.05) is 0 Å². The zero-order valence-electron chi connectivity index (χ0n) is 15.5. The van der Waals surface area contributed by atoms with Crippen LogP contribution < -0.4 is 7.70 Å². The van der Waals surface area contributed by atoms with Gasteiger partial charge < -0.3 is 11.0 Å². The van der Waals surface area contributed by atoms with Crippen LogP contribution in [0.4, 0.5) is 0 Å². The SMILES string of the molecule is O.O.c1ccc(-c2ccccc2[O][Co][O]c2ccccc2-c2ccccc2)cc1. The Hall–Kier alpha value is -3.09. The van der Waals surface area contributed by atoms with Crippen LogP contribution in [0.25, 0.3) is 22.3 Å². The van der Waals surface area contributed by atoms with E-state index in [1.165, 1.54) is 0 Å². The molecule has 29 heavy (non-hydrogen) atoms. The van der Waals surface area contributed by atoms with Gasteiger partial charge in [0.25, 0.3) is 0 Å². The van der Waals surface area contributed by atoms with Gasteiger partial charge in [0.1, 0.15) is 0 Å². The summed E-state index contributed by atoms with van der Waals surface area (Å²) in [4.78, 5) is 0. The topological polar surface area (TPSA) is 81.5 Å². The molecule has 0 spiro atoms. The zero-order chi connectivity index (χ0) is 18.3. The van der Waals surface area contributed by atoms with Crippen molar-refractivity contribution >= 4 is 0 Å². The molecule has 0 aliphatic heterocycles. The van der Waals surface area contributed by atoms with Gasteiger partial charge in [0.05, 0.1) is 0 Å². The van der Waals surface area contributed by atoms with Crippen molar-refractivity contribution in [1.82, 2.24) is 0 Å². The van der Waals surface area contributed by atoms with Crippen molar-refractivity contribution in [2.75, 3.05) is 0 Å². The molecule has 4 rings (SSSR count). The normalized spacial score (nSPS) is 9.79. The van der Waals surface area contributed by atoms with Crippen molar-refractivity contribution in [2.24, 2.45) is 0 Å². The molecule has 0 aliphatic rings. The first kappa shape index (κ1) is 22.2. The summed E-state index contributed by atoms with van der Waals surface area (Å²) >= 11 is 0.458. The Morgan fingerprint density at radius 1 is 0.414 bits per heavy atom. The quantitative estimate of drug-likeness (QED) is 0.440. The van der Waals surface area contributed by atoms with Crippen LogP contribution in [-0.4, -0.2) is 11.0 Å². The molecule has 151 valence electrons. The first-order valence-corrected chi connectivity index (χ1v) is 9.51. The zero-order valence-corrected chi connectivity index (χ0v) is 16.6. The van der Waals surface area contributed by atoms with Crippen LogP contribution in [0.5, 0.6) is 11.5 Å². The van der Waals surface area contributed by atoms with Gasteiger partial charge in [-0.05, 0) is 0 Å². The van der Waals surface area contributed by atoms with Crippen LogP contribution in [0.15, 0.2) is 109 Å². The second-order valence-electron chi connectivity index (χ2n) is 5.92. The fraction of sp³-hybridized carbons (Fsp3) is 0. The van der Waals surface area contributed by atoms with E-state index >= 15 is 0 Å². The Morgan fingerprint density at radius 3 is 1.17 bits per heavy atom. The van der Waals surface area contributed by atoms with Crippen molar-refractivity contribution in [2.45, 2.75) is 0 Å². The van der Waals surface area contributed by atoms with Crippen molar-refractivity contribution in [3.05, 3.63) is 109 Å². The molecule has 0 radical (unpaired) electrons. The predicted octanol–water partition coefficient (Wildman–Crippen LogP) is 4.74. The fourth-order valence-electron chi connectivity index (χ4n) is 2.84. The molecule has 0 amide bonds. The summed E-state index contributed by atoms with van der Waals surface area (Å²) in [6.07, 6.45) is 0. The van der Waals surface area contributed by atoms with Gasteiger partial charge in [-0.25, -0.2) is 0 Å². The molecule has 0 heterocycles. The third-order valence-electron chi connectivity index (χ3n) is 4.15. The van der Waals surface area contributed by atoms with Crippen molar-refractivity contribution in [1.29, 1.82) is 0 Å². The maximum absolute atomic E-state index is 5.93. The summed E-state index contributed by atoms with van der Waals surface area (Å²) in [7, 11) is 0. The van der Waals surface area contributed by atoms with E-state index in [2.05, 4.69) is 36.4 Å². The van der Waals surface area contributed by atoms with Crippen molar-refractivity contribution in [3.8, 4) is 33.8 Å². The van der Waals surface area contributed by atoms with E-state index in [9.17, 15) is 0 Å². The van der Waals surface area contributed by atoms with Gasteiger partial charge in [0.2, 0.25) is 0 Å². The monoisotopic (exact) mass is 433 g/mol. The van der Waals surface area contributed by atoms with Crippen LogP contribution >= 0.6 is 0 Å². The summed E-state index contributed by atoms with van der Waals surface area (Å²) < 4.78 is 11.9. The number of benzene rings is 4. The predicted molar refractivity (Wildman–Crippen MR) is 112 cm³/mol.